The highest BCUT2D eigenvalue weighted by atomic mass is 16.9. The molecule has 1 unspecified atom stereocenters. The van der Waals surface area contributed by atoms with Crippen LogP contribution in [0, 0.1) is 10.1 Å². The van der Waals surface area contributed by atoms with Gasteiger partial charge in [0.2, 0.25) is 0 Å². The Bertz CT molecular complexity index is 171. The van der Waals surface area contributed by atoms with Gasteiger partial charge >= 0.3 is 5.97 Å². The third-order valence-corrected chi connectivity index (χ3v) is 1.29. The lowest BCUT2D eigenvalue weighted by Crippen LogP contribution is -2.29. The molecule has 0 radical (unpaired) electrons. The number of aliphatic carboxylic acids is 1. The average molecular weight is 209 g/mol. The van der Waals surface area contributed by atoms with Gasteiger partial charge in [0, 0.05) is 0 Å². The van der Waals surface area contributed by atoms with Crippen LogP contribution in [-0.4, -0.2) is 34.0 Å². The van der Waals surface area contributed by atoms with Gasteiger partial charge < -0.3 is 21.8 Å². The molecule has 0 aromatic carbocycles. The van der Waals surface area contributed by atoms with Gasteiger partial charge in [-0.1, -0.05) is 6.42 Å². The summed E-state index contributed by atoms with van der Waals surface area (Å²) in [5, 5.41) is 22.0. The van der Waals surface area contributed by atoms with Crippen LogP contribution in [0.4, 0.5) is 0 Å². The Balaban J connectivity index is 0. The predicted molar refractivity (Wildman–Crippen MR) is 47.3 cm³/mol. The molecule has 0 bridgehead atoms. The van der Waals surface area contributed by atoms with Crippen LogP contribution in [-0.2, 0) is 4.79 Å². The second-order valence-electron chi connectivity index (χ2n) is 2.47. The van der Waals surface area contributed by atoms with Crippen molar-refractivity contribution in [3.05, 3.63) is 10.1 Å². The van der Waals surface area contributed by atoms with Crippen LogP contribution < -0.4 is 11.5 Å². The number of hydrogen-bond acceptors (Lipinski definition) is 5. The molecule has 0 amide bonds. The summed E-state index contributed by atoms with van der Waals surface area (Å²) in [6, 6.07) is -0.716. The monoisotopic (exact) mass is 209 g/mol. The molecule has 0 fully saturated rings. The summed E-state index contributed by atoms with van der Waals surface area (Å²) >= 11 is 0. The first-order valence-corrected chi connectivity index (χ1v) is 3.93. The fourth-order valence-electron chi connectivity index (χ4n) is 0.632. The normalized spacial score (nSPS) is 11.0. The van der Waals surface area contributed by atoms with Crippen LogP contribution in [0.25, 0.3) is 0 Å². The zero-order chi connectivity index (χ0) is 11.6. The lowest BCUT2D eigenvalue weighted by Gasteiger charge is -2.03. The van der Waals surface area contributed by atoms with Crippen LogP contribution >= 0.6 is 0 Å². The fraction of sp³-hybridized carbons (Fsp3) is 0.833. The summed E-state index contributed by atoms with van der Waals surface area (Å²) in [6.45, 7) is 0.604. The first-order valence-electron chi connectivity index (χ1n) is 3.93. The number of carboxylic acid groups (broad SMARTS) is 1. The molecule has 0 heterocycles. The van der Waals surface area contributed by atoms with Crippen molar-refractivity contribution in [2.45, 2.75) is 25.3 Å². The summed E-state index contributed by atoms with van der Waals surface area (Å²) in [6.07, 6.45) is 2.16. The van der Waals surface area contributed by atoms with E-state index < -0.39 is 17.1 Å². The molecule has 0 saturated carbocycles. The van der Waals surface area contributed by atoms with Crippen molar-refractivity contribution in [1.82, 2.24) is 0 Å². The molecule has 0 aliphatic carbocycles. The summed E-state index contributed by atoms with van der Waals surface area (Å²) in [7, 11) is 0. The summed E-state index contributed by atoms with van der Waals surface area (Å²) < 4.78 is 0. The van der Waals surface area contributed by atoms with E-state index in [9.17, 15) is 4.79 Å². The molecular weight excluding hydrogens is 194 g/mol. The van der Waals surface area contributed by atoms with Crippen molar-refractivity contribution >= 4 is 5.97 Å². The second kappa shape index (κ2) is 9.68. The van der Waals surface area contributed by atoms with Gasteiger partial charge in [0.05, 0.1) is 0 Å². The van der Waals surface area contributed by atoms with E-state index in [4.69, 9.17) is 31.9 Å². The van der Waals surface area contributed by atoms with Gasteiger partial charge in [-0.2, -0.15) is 0 Å². The van der Waals surface area contributed by atoms with Crippen molar-refractivity contribution in [3.8, 4) is 0 Å². The lowest BCUT2D eigenvalue weighted by atomic mass is 10.1. The SMILES string of the molecule is NCCCCC(N)C(=O)O.O=[N+]([O-])O. The van der Waals surface area contributed by atoms with Gasteiger partial charge in [-0.3, -0.25) is 4.79 Å². The topological polar surface area (TPSA) is 153 Å². The number of rotatable bonds is 5. The molecule has 0 rings (SSSR count). The quantitative estimate of drug-likeness (QED) is 0.262. The molecule has 84 valence electrons. The largest absolute Gasteiger partial charge is 0.480 e. The van der Waals surface area contributed by atoms with Gasteiger partial charge in [-0.25, -0.2) is 0 Å². The highest BCUT2D eigenvalue weighted by Gasteiger charge is 2.09. The van der Waals surface area contributed by atoms with E-state index >= 15 is 0 Å². The molecule has 0 aromatic heterocycles. The molecular formula is C6H15N3O5. The molecule has 6 N–H and O–H groups in total. The number of hydrogen-bond donors (Lipinski definition) is 4. The third-order valence-electron chi connectivity index (χ3n) is 1.29. The first kappa shape index (κ1) is 15.1. The smallest absolute Gasteiger partial charge is 0.320 e. The maximum Gasteiger partial charge on any atom is 0.320 e. The Labute approximate surface area is 80.6 Å². The molecule has 0 saturated heterocycles. The van der Waals surface area contributed by atoms with E-state index in [0.717, 1.165) is 12.8 Å². The van der Waals surface area contributed by atoms with Gasteiger partial charge in [0.15, 0.2) is 0 Å². The van der Waals surface area contributed by atoms with Crippen LogP contribution in [0.2, 0.25) is 0 Å². The number of carbonyl (C=O) groups is 1. The van der Waals surface area contributed by atoms with E-state index in [1.54, 1.807) is 0 Å². The molecule has 8 heteroatoms. The number of unbranched alkanes of at least 4 members (excludes halogenated alkanes) is 1. The van der Waals surface area contributed by atoms with E-state index in [-0.39, 0.29) is 0 Å². The second-order valence-corrected chi connectivity index (χ2v) is 2.47. The summed E-state index contributed by atoms with van der Waals surface area (Å²) in [5.41, 5.74) is 10.4. The molecule has 8 nitrogen and oxygen atoms in total. The van der Waals surface area contributed by atoms with Gasteiger partial charge in [0.25, 0.3) is 5.09 Å². The Morgan fingerprint density at radius 1 is 1.50 bits per heavy atom. The predicted octanol–water partition coefficient (Wildman–Crippen LogP) is -0.820. The van der Waals surface area contributed by atoms with E-state index in [1.165, 1.54) is 0 Å². The van der Waals surface area contributed by atoms with Crippen LogP contribution in [0.5, 0.6) is 0 Å². The van der Waals surface area contributed by atoms with Gasteiger partial charge in [-0.15, -0.1) is 10.1 Å². The standard InChI is InChI=1S/C6H14N2O2.HNO3/c7-4-2-1-3-5(8)6(9)10;2-1(3)4/h5H,1-4,7-8H2,(H,9,10);(H,2,3,4). The highest BCUT2D eigenvalue weighted by Crippen LogP contribution is 1.96. The molecule has 14 heavy (non-hydrogen) atoms. The van der Waals surface area contributed by atoms with E-state index in [2.05, 4.69) is 0 Å². The van der Waals surface area contributed by atoms with Crippen LogP contribution in [0.3, 0.4) is 0 Å². The third kappa shape index (κ3) is 16.9. The van der Waals surface area contributed by atoms with Crippen molar-refractivity contribution in [1.29, 1.82) is 0 Å². The number of nitrogens with two attached hydrogens (primary N) is 2. The number of nitrogens with zero attached hydrogens (tertiary/aromatic N) is 1. The molecule has 0 aromatic rings. The minimum Gasteiger partial charge on any atom is -0.480 e. The Morgan fingerprint density at radius 3 is 2.21 bits per heavy atom. The zero-order valence-corrected chi connectivity index (χ0v) is 7.63. The highest BCUT2D eigenvalue weighted by molar-refractivity contribution is 5.72. The van der Waals surface area contributed by atoms with E-state index in [1.807, 2.05) is 0 Å². The van der Waals surface area contributed by atoms with Crippen LogP contribution in [0.15, 0.2) is 0 Å². The minimum atomic E-state index is -1.50. The summed E-state index contributed by atoms with van der Waals surface area (Å²) in [4.78, 5) is 18.5. The van der Waals surface area contributed by atoms with Crippen molar-refractivity contribution in [2.75, 3.05) is 6.54 Å². The van der Waals surface area contributed by atoms with Crippen molar-refractivity contribution < 1.29 is 20.2 Å². The average Bonchev–Trinajstić information content (AvgIpc) is 2.03. The molecule has 0 aliphatic rings. The number of carboxylic acids is 1. The Morgan fingerprint density at radius 2 is 1.93 bits per heavy atom. The zero-order valence-electron chi connectivity index (χ0n) is 7.63. The summed E-state index contributed by atoms with van der Waals surface area (Å²) in [5.74, 6) is -0.933. The first-order chi connectivity index (χ1) is 6.41. The molecule has 0 aliphatic heterocycles. The van der Waals surface area contributed by atoms with Gasteiger partial charge in [0.1, 0.15) is 6.04 Å². The maximum absolute atomic E-state index is 10.1. The Hall–Kier alpha value is -1.41. The Kier molecular flexibility index (Phi) is 10.4. The van der Waals surface area contributed by atoms with Crippen LogP contribution in [0.1, 0.15) is 19.3 Å². The minimum absolute atomic E-state index is 0.520. The van der Waals surface area contributed by atoms with E-state index in [0.29, 0.717) is 13.0 Å². The fourth-order valence-corrected chi connectivity index (χ4v) is 0.632. The lowest BCUT2D eigenvalue weighted by molar-refractivity contribution is -0.742. The maximum atomic E-state index is 10.1. The molecule has 1 atom stereocenters. The van der Waals surface area contributed by atoms with Gasteiger partial charge in [-0.05, 0) is 19.4 Å². The molecule has 0 spiro atoms. The van der Waals surface area contributed by atoms with Crippen molar-refractivity contribution in [2.24, 2.45) is 11.5 Å². The van der Waals surface area contributed by atoms with Crippen molar-refractivity contribution in [3.63, 3.8) is 0 Å².